The van der Waals surface area contributed by atoms with Crippen LogP contribution in [0.2, 0.25) is 0 Å². The van der Waals surface area contributed by atoms with Gasteiger partial charge in [0.1, 0.15) is 18.1 Å². The Labute approximate surface area is 202 Å². The number of nitrogens with two attached hydrogens (primary N) is 2. The molecule has 0 saturated heterocycles. The van der Waals surface area contributed by atoms with Crippen molar-refractivity contribution < 1.29 is 39.0 Å². The molecule has 0 heterocycles. The Morgan fingerprint density at radius 3 is 1.71 bits per heavy atom. The van der Waals surface area contributed by atoms with Gasteiger partial charge < -0.3 is 37.6 Å². The van der Waals surface area contributed by atoms with Gasteiger partial charge in [-0.1, -0.05) is 13.8 Å². The highest BCUT2D eigenvalue weighted by Crippen LogP contribution is 2.07. The minimum atomic E-state index is -1.47. The number of thioether (sulfide) groups is 1. The molecular weight excluding hydrogens is 470 g/mol. The summed E-state index contributed by atoms with van der Waals surface area (Å²) in [6, 6.07) is -4.78. The van der Waals surface area contributed by atoms with E-state index in [9.17, 15) is 33.9 Å². The van der Waals surface area contributed by atoms with Gasteiger partial charge in [0.15, 0.2) is 0 Å². The summed E-state index contributed by atoms with van der Waals surface area (Å²) in [5.41, 5.74) is 10.9. The van der Waals surface area contributed by atoms with Gasteiger partial charge in [0.25, 0.3) is 0 Å². The fourth-order valence-corrected chi connectivity index (χ4v) is 3.17. The van der Waals surface area contributed by atoms with Gasteiger partial charge in [-0.05, 0) is 37.2 Å². The summed E-state index contributed by atoms with van der Waals surface area (Å²) < 4.78 is 0. The smallest absolute Gasteiger partial charge is 0.326 e. The molecule has 34 heavy (non-hydrogen) atoms. The van der Waals surface area contributed by atoms with Gasteiger partial charge in [0.2, 0.25) is 23.6 Å². The number of hydrogen-bond donors (Lipinski definition) is 7. The zero-order chi connectivity index (χ0) is 26.4. The fraction of sp³-hybridized carbons (Fsp3) is 0.700. The van der Waals surface area contributed by atoms with Gasteiger partial charge in [-0.2, -0.15) is 11.8 Å². The first kappa shape index (κ1) is 31.1. The van der Waals surface area contributed by atoms with Crippen LogP contribution in [0.3, 0.4) is 0 Å². The first-order valence-corrected chi connectivity index (χ1v) is 12.1. The number of aliphatic carboxylic acids is 2. The largest absolute Gasteiger partial charge is 0.481 e. The molecule has 0 aliphatic carbocycles. The lowest BCUT2D eigenvalue weighted by atomic mass is 10.0. The molecular formula is C20H35N5O8S. The Kier molecular flexibility index (Phi) is 14.5. The molecule has 13 nitrogen and oxygen atoms in total. The molecule has 0 bridgehead atoms. The van der Waals surface area contributed by atoms with Crippen LogP contribution in [0.15, 0.2) is 0 Å². The molecule has 0 spiro atoms. The number of carbonyl (C=O) groups excluding carboxylic acids is 4. The van der Waals surface area contributed by atoms with E-state index in [2.05, 4.69) is 16.0 Å². The van der Waals surface area contributed by atoms with Crippen molar-refractivity contribution in [3.8, 4) is 0 Å². The molecule has 0 aromatic heterocycles. The molecule has 0 aliphatic heterocycles. The highest BCUT2D eigenvalue weighted by Gasteiger charge is 2.31. The predicted molar refractivity (Wildman–Crippen MR) is 125 cm³/mol. The van der Waals surface area contributed by atoms with Crippen molar-refractivity contribution >= 4 is 47.3 Å². The lowest BCUT2D eigenvalue weighted by Gasteiger charge is -2.25. The highest BCUT2D eigenvalue weighted by atomic mass is 32.2. The summed E-state index contributed by atoms with van der Waals surface area (Å²) in [7, 11) is 0. The van der Waals surface area contributed by atoms with Crippen molar-refractivity contribution in [2.75, 3.05) is 12.0 Å². The summed E-state index contributed by atoms with van der Waals surface area (Å²) in [5, 5.41) is 25.4. The van der Waals surface area contributed by atoms with Crippen LogP contribution in [0, 0.1) is 5.92 Å². The van der Waals surface area contributed by atoms with E-state index < -0.39 is 66.2 Å². The number of primary amides is 1. The maximum absolute atomic E-state index is 12.9. The normalized spacial score (nSPS) is 14.4. The summed E-state index contributed by atoms with van der Waals surface area (Å²) >= 11 is 1.43. The molecule has 0 rings (SSSR count). The third-order valence-corrected chi connectivity index (χ3v) is 5.48. The number of carboxylic acid groups (broad SMARTS) is 2. The van der Waals surface area contributed by atoms with Crippen LogP contribution in [-0.2, 0) is 28.8 Å². The Balaban J connectivity index is 5.55. The van der Waals surface area contributed by atoms with Crippen LogP contribution in [0.25, 0.3) is 0 Å². The second kappa shape index (κ2) is 15.9. The highest BCUT2D eigenvalue weighted by molar-refractivity contribution is 7.98. The SMILES string of the molecule is CSCCC(NC(=O)C(N)C(C)C)C(=O)NC(CCC(=O)O)C(=O)NC(CCC(N)=O)C(=O)O. The molecule has 0 aromatic carbocycles. The molecule has 0 aliphatic rings. The molecule has 4 atom stereocenters. The first-order valence-electron chi connectivity index (χ1n) is 10.7. The summed E-state index contributed by atoms with van der Waals surface area (Å²) in [6.45, 7) is 3.48. The third kappa shape index (κ3) is 12.4. The van der Waals surface area contributed by atoms with Crippen LogP contribution in [0.1, 0.15) is 46.0 Å². The number of hydrogen-bond acceptors (Lipinski definition) is 8. The second-order valence-electron chi connectivity index (χ2n) is 8.01. The van der Waals surface area contributed by atoms with Crippen molar-refractivity contribution in [3.63, 3.8) is 0 Å². The van der Waals surface area contributed by atoms with Crippen molar-refractivity contribution in [2.45, 2.75) is 70.1 Å². The Morgan fingerprint density at radius 2 is 1.26 bits per heavy atom. The quantitative estimate of drug-likeness (QED) is 0.119. The third-order valence-electron chi connectivity index (χ3n) is 4.84. The lowest BCUT2D eigenvalue weighted by molar-refractivity contribution is -0.143. The number of rotatable bonds is 17. The second-order valence-corrected chi connectivity index (χ2v) is 9.00. The van der Waals surface area contributed by atoms with Gasteiger partial charge in [-0.25, -0.2) is 4.79 Å². The minimum absolute atomic E-state index is 0.188. The molecule has 9 N–H and O–H groups in total. The molecule has 194 valence electrons. The molecule has 14 heteroatoms. The van der Waals surface area contributed by atoms with Gasteiger partial charge >= 0.3 is 11.9 Å². The minimum Gasteiger partial charge on any atom is -0.481 e. The molecule has 4 amide bonds. The van der Waals surface area contributed by atoms with Crippen molar-refractivity contribution in [3.05, 3.63) is 0 Å². The predicted octanol–water partition coefficient (Wildman–Crippen LogP) is -1.61. The first-order chi connectivity index (χ1) is 15.8. The number of carboxylic acids is 2. The van der Waals surface area contributed by atoms with E-state index in [0.29, 0.717) is 5.75 Å². The van der Waals surface area contributed by atoms with E-state index in [4.69, 9.17) is 16.6 Å². The van der Waals surface area contributed by atoms with E-state index in [0.717, 1.165) is 0 Å². The number of amides is 4. The maximum Gasteiger partial charge on any atom is 0.326 e. The molecule has 4 unspecified atom stereocenters. The standard InChI is InChI=1S/C20H35N5O8S/c1-10(2)16(22)19(31)24-12(8-9-34-3)18(30)23-11(5-7-15(27)28)17(29)25-13(20(32)33)4-6-14(21)26/h10-13,16H,4-9,22H2,1-3H3,(H2,21,26)(H,23,30)(H,24,31)(H,25,29)(H,27,28)(H,32,33). The average Bonchev–Trinajstić information content (AvgIpc) is 2.74. The van der Waals surface area contributed by atoms with E-state index in [1.54, 1.807) is 20.1 Å². The maximum atomic E-state index is 12.9. The van der Waals surface area contributed by atoms with Gasteiger partial charge in [-0.15, -0.1) is 0 Å². The zero-order valence-corrected chi connectivity index (χ0v) is 20.4. The number of nitrogens with one attached hydrogen (secondary N) is 3. The van der Waals surface area contributed by atoms with E-state index in [1.165, 1.54) is 11.8 Å². The van der Waals surface area contributed by atoms with Gasteiger partial charge in [0, 0.05) is 12.8 Å². The monoisotopic (exact) mass is 505 g/mol. The van der Waals surface area contributed by atoms with Gasteiger partial charge in [0.05, 0.1) is 6.04 Å². The zero-order valence-electron chi connectivity index (χ0n) is 19.5. The Morgan fingerprint density at radius 1 is 0.794 bits per heavy atom. The Hall–Kier alpha value is -2.87. The summed E-state index contributed by atoms with van der Waals surface area (Å²) in [4.78, 5) is 71.3. The summed E-state index contributed by atoms with van der Waals surface area (Å²) in [5.74, 6) is -5.35. The average molecular weight is 506 g/mol. The lowest BCUT2D eigenvalue weighted by Crippen LogP contribution is -2.57. The van der Waals surface area contributed by atoms with Crippen LogP contribution in [0.4, 0.5) is 0 Å². The topological polar surface area (TPSA) is 231 Å². The van der Waals surface area contributed by atoms with Crippen molar-refractivity contribution in [1.82, 2.24) is 16.0 Å². The fourth-order valence-electron chi connectivity index (χ4n) is 2.70. The van der Waals surface area contributed by atoms with Crippen LogP contribution < -0.4 is 27.4 Å². The van der Waals surface area contributed by atoms with E-state index >= 15 is 0 Å². The van der Waals surface area contributed by atoms with Crippen molar-refractivity contribution in [1.29, 1.82) is 0 Å². The van der Waals surface area contributed by atoms with E-state index in [1.807, 2.05) is 0 Å². The molecule has 0 saturated carbocycles. The molecule has 0 aromatic rings. The van der Waals surface area contributed by atoms with Gasteiger partial charge in [-0.3, -0.25) is 24.0 Å². The van der Waals surface area contributed by atoms with Crippen LogP contribution in [0.5, 0.6) is 0 Å². The van der Waals surface area contributed by atoms with E-state index in [-0.39, 0.29) is 31.6 Å². The van der Waals surface area contributed by atoms with Crippen molar-refractivity contribution in [2.24, 2.45) is 17.4 Å². The molecule has 0 radical (unpaired) electrons. The summed E-state index contributed by atoms with van der Waals surface area (Å²) in [6.07, 6.45) is 0.615. The Bertz CT molecular complexity index is 748. The number of carbonyl (C=O) groups is 6. The molecule has 0 fully saturated rings. The van der Waals surface area contributed by atoms with Crippen LogP contribution in [-0.4, -0.2) is 82.0 Å². The van der Waals surface area contributed by atoms with Crippen LogP contribution >= 0.6 is 11.8 Å².